The van der Waals surface area contributed by atoms with E-state index < -0.39 is 0 Å². The van der Waals surface area contributed by atoms with Gasteiger partial charge in [-0.25, -0.2) is 0 Å². The Morgan fingerprint density at radius 3 is 1.46 bits per heavy atom. The van der Waals surface area contributed by atoms with Crippen LogP contribution in [0.25, 0.3) is 0 Å². The molecule has 0 saturated heterocycles. The van der Waals surface area contributed by atoms with Crippen LogP contribution in [0.3, 0.4) is 0 Å². The Balaban J connectivity index is 1.47. The molecule has 216 valence electrons. The minimum atomic E-state index is -0.361. The standard InChI is InChI=1S/C33H50N2O4/c1-5-7-25-37-30-21-17-28(18-22-30)34-35-29-19-23-31(24-20-29)38-26-15-13-11-9-8-10-12-14-16-27-39-32(36)33(3,4)6-2/h17-24H,5-16,25-27H2,1-4H3. The molecule has 2 rings (SSSR count). The molecule has 6 heteroatoms. The van der Waals surface area contributed by atoms with E-state index in [1.54, 1.807) is 0 Å². The Hall–Kier alpha value is -2.89. The third-order valence-corrected chi connectivity index (χ3v) is 6.95. The number of nitrogens with zero attached hydrogens (tertiary/aromatic N) is 2. The van der Waals surface area contributed by atoms with Gasteiger partial charge in [-0.05, 0) is 88.1 Å². The molecule has 0 radical (unpaired) electrons. The molecule has 0 aliphatic carbocycles. The second-order valence-electron chi connectivity index (χ2n) is 10.8. The van der Waals surface area contributed by atoms with Gasteiger partial charge in [0.1, 0.15) is 11.5 Å². The third kappa shape index (κ3) is 14.2. The van der Waals surface area contributed by atoms with Crippen molar-refractivity contribution in [3.05, 3.63) is 48.5 Å². The molecule has 0 saturated carbocycles. The molecule has 2 aromatic carbocycles. The van der Waals surface area contributed by atoms with Crippen molar-refractivity contribution in [1.29, 1.82) is 0 Å². The Bertz CT molecular complexity index is 939. The summed E-state index contributed by atoms with van der Waals surface area (Å²) >= 11 is 0. The highest BCUT2D eigenvalue weighted by Gasteiger charge is 2.26. The molecule has 0 fully saturated rings. The van der Waals surface area contributed by atoms with Crippen molar-refractivity contribution in [1.82, 2.24) is 0 Å². The van der Waals surface area contributed by atoms with Crippen LogP contribution in [0.2, 0.25) is 0 Å². The lowest BCUT2D eigenvalue weighted by Gasteiger charge is -2.20. The number of ether oxygens (including phenoxy) is 3. The second-order valence-corrected chi connectivity index (χ2v) is 10.8. The Morgan fingerprint density at radius 1 is 0.615 bits per heavy atom. The maximum atomic E-state index is 11.9. The van der Waals surface area contributed by atoms with Crippen molar-refractivity contribution in [2.45, 2.75) is 105 Å². The van der Waals surface area contributed by atoms with Gasteiger partial charge in [0.05, 0.1) is 36.6 Å². The molecule has 0 atom stereocenters. The lowest BCUT2D eigenvalue weighted by atomic mass is 9.91. The van der Waals surface area contributed by atoms with Crippen molar-refractivity contribution in [2.24, 2.45) is 15.6 Å². The van der Waals surface area contributed by atoms with Crippen LogP contribution in [0, 0.1) is 5.41 Å². The molecule has 39 heavy (non-hydrogen) atoms. The zero-order chi connectivity index (χ0) is 28.2. The highest BCUT2D eigenvalue weighted by Crippen LogP contribution is 2.24. The van der Waals surface area contributed by atoms with E-state index in [9.17, 15) is 4.79 Å². The van der Waals surface area contributed by atoms with E-state index in [4.69, 9.17) is 14.2 Å². The van der Waals surface area contributed by atoms with Crippen LogP contribution in [-0.4, -0.2) is 25.8 Å². The molecule has 2 aromatic rings. The van der Waals surface area contributed by atoms with Gasteiger partial charge < -0.3 is 14.2 Å². The van der Waals surface area contributed by atoms with Gasteiger partial charge in [-0.3, -0.25) is 4.79 Å². The monoisotopic (exact) mass is 538 g/mol. The molecule has 0 spiro atoms. The summed E-state index contributed by atoms with van der Waals surface area (Å²) in [6.07, 6.45) is 13.6. The highest BCUT2D eigenvalue weighted by atomic mass is 16.5. The van der Waals surface area contributed by atoms with Gasteiger partial charge in [-0.2, -0.15) is 10.2 Å². The average molecular weight is 539 g/mol. The Labute approximate surface area is 236 Å². The van der Waals surface area contributed by atoms with Gasteiger partial charge in [-0.15, -0.1) is 0 Å². The summed E-state index contributed by atoms with van der Waals surface area (Å²) in [5, 5.41) is 8.62. The Kier molecular flexibility index (Phi) is 15.9. The van der Waals surface area contributed by atoms with Crippen molar-refractivity contribution in [2.75, 3.05) is 19.8 Å². The first-order valence-electron chi connectivity index (χ1n) is 15.0. The molecular formula is C33H50N2O4. The molecule has 0 unspecified atom stereocenters. The van der Waals surface area contributed by atoms with E-state index in [1.165, 1.54) is 38.5 Å². The zero-order valence-corrected chi connectivity index (χ0v) is 24.8. The molecule has 6 nitrogen and oxygen atoms in total. The SMILES string of the molecule is CCCCOc1ccc(N=Nc2ccc(OCCCCCCCCCCCOC(=O)C(C)(C)CC)cc2)cc1. The summed E-state index contributed by atoms with van der Waals surface area (Å²) in [6, 6.07) is 15.4. The van der Waals surface area contributed by atoms with Gasteiger partial charge in [0.2, 0.25) is 0 Å². The van der Waals surface area contributed by atoms with Crippen LogP contribution < -0.4 is 9.47 Å². The lowest BCUT2D eigenvalue weighted by molar-refractivity contribution is -0.154. The number of azo groups is 1. The fourth-order valence-corrected chi connectivity index (χ4v) is 3.80. The fraction of sp³-hybridized carbons (Fsp3) is 0.606. The zero-order valence-electron chi connectivity index (χ0n) is 24.8. The minimum Gasteiger partial charge on any atom is -0.494 e. The maximum Gasteiger partial charge on any atom is 0.311 e. The van der Waals surface area contributed by atoms with E-state index in [-0.39, 0.29) is 11.4 Å². The normalized spacial score (nSPS) is 11.6. The average Bonchev–Trinajstić information content (AvgIpc) is 2.95. The second kappa shape index (κ2) is 19.2. The van der Waals surface area contributed by atoms with Crippen LogP contribution in [0.4, 0.5) is 11.4 Å². The molecule has 0 N–H and O–H groups in total. The fourth-order valence-electron chi connectivity index (χ4n) is 3.80. The van der Waals surface area contributed by atoms with Crippen molar-refractivity contribution < 1.29 is 19.0 Å². The summed E-state index contributed by atoms with van der Waals surface area (Å²) in [6.45, 7) is 10.1. The minimum absolute atomic E-state index is 0.0703. The van der Waals surface area contributed by atoms with Crippen molar-refractivity contribution in [3.8, 4) is 11.5 Å². The number of hydrogen-bond donors (Lipinski definition) is 0. The largest absolute Gasteiger partial charge is 0.494 e. The number of esters is 1. The Morgan fingerprint density at radius 2 is 1.03 bits per heavy atom. The van der Waals surface area contributed by atoms with Crippen LogP contribution in [0.15, 0.2) is 58.8 Å². The molecular weight excluding hydrogens is 488 g/mol. The number of carbonyl (C=O) groups excluding carboxylic acids is 1. The smallest absolute Gasteiger partial charge is 0.311 e. The first-order valence-corrected chi connectivity index (χ1v) is 15.0. The van der Waals surface area contributed by atoms with Crippen LogP contribution in [0.1, 0.15) is 105 Å². The summed E-state index contributed by atoms with van der Waals surface area (Å²) < 4.78 is 17.0. The first-order chi connectivity index (χ1) is 18.9. The molecule has 0 aromatic heterocycles. The van der Waals surface area contributed by atoms with Gasteiger partial charge in [0.15, 0.2) is 0 Å². The number of carbonyl (C=O) groups is 1. The van der Waals surface area contributed by atoms with E-state index in [0.29, 0.717) is 6.61 Å². The third-order valence-electron chi connectivity index (χ3n) is 6.95. The number of rotatable bonds is 21. The van der Waals surface area contributed by atoms with Crippen molar-refractivity contribution >= 4 is 17.3 Å². The van der Waals surface area contributed by atoms with Crippen LogP contribution in [-0.2, 0) is 9.53 Å². The molecule has 0 aliphatic heterocycles. The first kappa shape index (κ1) is 32.3. The molecule has 0 amide bonds. The highest BCUT2D eigenvalue weighted by molar-refractivity contribution is 5.75. The maximum absolute atomic E-state index is 11.9. The van der Waals surface area contributed by atoms with E-state index in [0.717, 1.165) is 74.6 Å². The summed E-state index contributed by atoms with van der Waals surface area (Å²) in [7, 11) is 0. The van der Waals surface area contributed by atoms with Crippen molar-refractivity contribution in [3.63, 3.8) is 0 Å². The lowest BCUT2D eigenvalue weighted by Crippen LogP contribution is -2.26. The topological polar surface area (TPSA) is 69.5 Å². The van der Waals surface area contributed by atoms with Crippen LogP contribution in [0.5, 0.6) is 11.5 Å². The van der Waals surface area contributed by atoms with Gasteiger partial charge in [0.25, 0.3) is 0 Å². The molecule has 0 aliphatic rings. The van der Waals surface area contributed by atoms with E-state index >= 15 is 0 Å². The van der Waals surface area contributed by atoms with Gasteiger partial charge >= 0.3 is 5.97 Å². The van der Waals surface area contributed by atoms with E-state index in [2.05, 4.69) is 17.2 Å². The molecule has 0 heterocycles. The number of benzene rings is 2. The number of hydrogen-bond acceptors (Lipinski definition) is 6. The van der Waals surface area contributed by atoms with Gasteiger partial charge in [0, 0.05) is 0 Å². The molecule has 0 bridgehead atoms. The predicted molar refractivity (Wildman–Crippen MR) is 160 cm³/mol. The summed E-state index contributed by atoms with van der Waals surface area (Å²) in [4.78, 5) is 11.9. The quantitative estimate of drug-likeness (QED) is 0.0900. The number of unbranched alkanes of at least 4 members (excludes halogenated alkanes) is 9. The van der Waals surface area contributed by atoms with E-state index in [1.807, 2.05) is 69.3 Å². The summed E-state index contributed by atoms with van der Waals surface area (Å²) in [5.74, 6) is 1.66. The van der Waals surface area contributed by atoms with Crippen LogP contribution >= 0.6 is 0 Å². The van der Waals surface area contributed by atoms with Gasteiger partial charge in [-0.1, -0.05) is 65.2 Å². The summed E-state index contributed by atoms with van der Waals surface area (Å²) in [5.41, 5.74) is 1.24. The predicted octanol–water partition coefficient (Wildman–Crippen LogP) is 10.1.